The number of urea groups is 1. The minimum Gasteiger partial charge on any atom is -1.00 e. The second kappa shape index (κ2) is 11.7. The number of anilines is 2. The molecule has 1 aromatic carbocycles. The van der Waals surface area contributed by atoms with Crippen LogP contribution in [0.2, 0.25) is 0 Å². The summed E-state index contributed by atoms with van der Waals surface area (Å²) >= 11 is 2.97. The fourth-order valence-corrected chi connectivity index (χ4v) is 6.20. The molecule has 0 spiro atoms. The van der Waals surface area contributed by atoms with Gasteiger partial charge in [0.2, 0.25) is 0 Å². The van der Waals surface area contributed by atoms with Gasteiger partial charge in [0.15, 0.2) is 21.9 Å². The SMILES string of the molecule is Cc1ccc(NC(=O)Nc2nc(CSc3nnc(C[NH3+])n3C3CC3)cs2)c(C(=O)C2CCCC2)c1.[Cl-]. The number of nitrogens with zero attached hydrogens (tertiary/aromatic N) is 4. The smallest absolute Gasteiger partial charge is 0.325 e. The number of benzene rings is 1. The first-order chi connectivity index (χ1) is 17.0. The van der Waals surface area contributed by atoms with Crippen LogP contribution in [0.3, 0.4) is 0 Å². The van der Waals surface area contributed by atoms with Gasteiger partial charge in [0, 0.05) is 28.7 Å². The largest absolute Gasteiger partial charge is 1.00 e. The number of thioether (sulfide) groups is 1. The maximum Gasteiger partial charge on any atom is 0.325 e. The Kier molecular flexibility index (Phi) is 8.66. The molecule has 0 atom stereocenters. The van der Waals surface area contributed by atoms with E-state index in [1.54, 1.807) is 17.8 Å². The molecule has 12 heteroatoms. The van der Waals surface area contributed by atoms with Crippen molar-refractivity contribution in [1.82, 2.24) is 19.7 Å². The van der Waals surface area contributed by atoms with Gasteiger partial charge in [-0.2, -0.15) is 0 Å². The van der Waals surface area contributed by atoms with Crippen LogP contribution in [-0.2, 0) is 12.3 Å². The highest BCUT2D eigenvalue weighted by Gasteiger charge is 2.30. The molecule has 2 fully saturated rings. The predicted molar refractivity (Wildman–Crippen MR) is 137 cm³/mol. The number of hydrogen-bond acceptors (Lipinski definition) is 7. The number of ketones is 1. The first kappa shape index (κ1) is 26.6. The van der Waals surface area contributed by atoms with Crippen molar-refractivity contribution < 1.29 is 27.7 Å². The Bertz CT molecular complexity index is 1240. The van der Waals surface area contributed by atoms with E-state index in [2.05, 4.69) is 36.1 Å². The van der Waals surface area contributed by atoms with Crippen LogP contribution >= 0.6 is 23.1 Å². The molecule has 3 aromatic rings. The number of quaternary nitrogens is 1. The number of rotatable bonds is 9. The zero-order valence-electron chi connectivity index (χ0n) is 20.1. The number of Topliss-reactive ketones (excluding diaryl/α,β-unsaturated/α-hetero) is 1. The zero-order valence-corrected chi connectivity index (χ0v) is 22.5. The Hall–Kier alpha value is -2.47. The van der Waals surface area contributed by atoms with E-state index in [1.807, 2.05) is 24.4 Å². The van der Waals surface area contributed by atoms with Gasteiger partial charge in [-0.3, -0.25) is 14.7 Å². The van der Waals surface area contributed by atoms with Crippen molar-refractivity contribution in [2.24, 2.45) is 5.92 Å². The van der Waals surface area contributed by atoms with E-state index in [9.17, 15) is 9.59 Å². The Labute approximate surface area is 224 Å². The van der Waals surface area contributed by atoms with Gasteiger partial charge in [-0.05, 0) is 44.7 Å². The molecule has 2 saturated carbocycles. The normalized spacial score (nSPS) is 15.5. The minimum absolute atomic E-state index is 0. The standard InChI is InChI=1S/C24H29N7O2S2.ClH/c1-14-6-9-19(18(10-14)21(32)15-4-2-3-5-15)27-22(33)28-23-26-16(12-34-23)13-35-24-30-29-20(11-25)31(24)17-7-8-17;/h6,9-10,12,15,17H,2-5,7-8,11,13,25H2,1H3,(H2,26,27,28,33);1H. The molecule has 0 aliphatic heterocycles. The van der Waals surface area contributed by atoms with E-state index in [0.717, 1.165) is 60.8 Å². The van der Waals surface area contributed by atoms with Gasteiger partial charge >= 0.3 is 6.03 Å². The molecule has 0 radical (unpaired) electrons. The van der Waals surface area contributed by atoms with Crippen molar-refractivity contribution in [2.75, 3.05) is 10.6 Å². The van der Waals surface area contributed by atoms with Crippen LogP contribution in [0.25, 0.3) is 0 Å². The van der Waals surface area contributed by atoms with E-state index in [0.29, 0.717) is 34.7 Å². The fourth-order valence-electron chi connectivity index (χ4n) is 4.47. The van der Waals surface area contributed by atoms with Crippen LogP contribution in [0.15, 0.2) is 28.7 Å². The summed E-state index contributed by atoms with van der Waals surface area (Å²) in [6.45, 7) is 2.58. The molecule has 2 heterocycles. The lowest BCUT2D eigenvalue weighted by Crippen LogP contribution is -3.00. The average Bonchev–Trinajstić information content (AvgIpc) is 3.24. The Morgan fingerprint density at radius 3 is 2.67 bits per heavy atom. The summed E-state index contributed by atoms with van der Waals surface area (Å²) in [4.78, 5) is 30.3. The van der Waals surface area contributed by atoms with E-state index < -0.39 is 6.03 Å². The van der Waals surface area contributed by atoms with Crippen LogP contribution in [0, 0.1) is 12.8 Å². The van der Waals surface area contributed by atoms with Gasteiger partial charge in [-0.15, -0.1) is 21.5 Å². The van der Waals surface area contributed by atoms with Crippen LogP contribution in [-0.4, -0.2) is 31.6 Å². The van der Waals surface area contributed by atoms with Crippen molar-refractivity contribution in [1.29, 1.82) is 0 Å². The van der Waals surface area contributed by atoms with Crippen molar-refractivity contribution in [3.05, 3.63) is 46.2 Å². The third kappa shape index (κ3) is 6.08. The molecule has 36 heavy (non-hydrogen) atoms. The Morgan fingerprint density at radius 2 is 1.94 bits per heavy atom. The summed E-state index contributed by atoms with van der Waals surface area (Å²) in [7, 11) is 0. The monoisotopic (exact) mass is 547 g/mol. The molecule has 0 unspecified atom stereocenters. The topological polar surface area (TPSA) is 129 Å². The van der Waals surface area contributed by atoms with Crippen molar-refractivity contribution >= 4 is 45.7 Å². The van der Waals surface area contributed by atoms with Gasteiger partial charge in [0.1, 0.15) is 6.54 Å². The Morgan fingerprint density at radius 1 is 1.17 bits per heavy atom. The van der Waals surface area contributed by atoms with Crippen LogP contribution in [0.4, 0.5) is 15.6 Å². The van der Waals surface area contributed by atoms with Crippen molar-refractivity contribution in [2.45, 2.75) is 68.9 Å². The highest BCUT2D eigenvalue weighted by molar-refractivity contribution is 7.98. The lowest BCUT2D eigenvalue weighted by molar-refractivity contribution is -0.389. The van der Waals surface area contributed by atoms with E-state index in [-0.39, 0.29) is 24.1 Å². The molecule has 9 nitrogen and oxygen atoms in total. The number of thiazole rings is 1. The molecule has 0 saturated heterocycles. The quantitative estimate of drug-likeness (QED) is 0.274. The third-order valence-corrected chi connectivity index (χ3v) is 8.19. The van der Waals surface area contributed by atoms with Gasteiger partial charge in [-0.1, -0.05) is 36.2 Å². The first-order valence-electron chi connectivity index (χ1n) is 12.0. The second-order valence-corrected chi connectivity index (χ2v) is 11.0. The summed E-state index contributed by atoms with van der Waals surface area (Å²) in [5.74, 6) is 1.74. The Balaban J connectivity index is 0.00000304. The number of hydrogen-bond donors (Lipinski definition) is 3. The molecule has 2 aliphatic carbocycles. The average molecular weight is 548 g/mol. The number of aryl methyl sites for hydroxylation is 1. The summed E-state index contributed by atoms with van der Waals surface area (Å²) in [5.41, 5.74) is 6.94. The summed E-state index contributed by atoms with van der Waals surface area (Å²) in [5, 5.41) is 17.6. The minimum atomic E-state index is -0.406. The highest BCUT2D eigenvalue weighted by atomic mass is 35.5. The summed E-state index contributed by atoms with van der Waals surface area (Å²) in [6.07, 6.45) is 6.34. The molecular weight excluding hydrogens is 518 g/mol. The van der Waals surface area contributed by atoms with E-state index >= 15 is 0 Å². The molecule has 5 rings (SSSR count). The number of halogens is 1. The van der Waals surface area contributed by atoms with Crippen molar-refractivity contribution in [3.8, 4) is 0 Å². The second-order valence-electron chi connectivity index (χ2n) is 9.16. The van der Waals surface area contributed by atoms with E-state index in [4.69, 9.17) is 0 Å². The number of amides is 2. The van der Waals surface area contributed by atoms with Crippen LogP contribution in [0.5, 0.6) is 0 Å². The zero-order chi connectivity index (χ0) is 24.4. The predicted octanol–water partition coefficient (Wildman–Crippen LogP) is 1.43. The van der Waals surface area contributed by atoms with Crippen molar-refractivity contribution in [3.63, 3.8) is 0 Å². The van der Waals surface area contributed by atoms with Gasteiger partial charge in [0.25, 0.3) is 0 Å². The maximum atomic E-state index is 13.0. The molecule has 0 bridgehead atoms. The molecule has 2 aliphatic rings. The van der Waals surface area contributed by atoms with E-state index in [1.165, 1.54) is 11.3 Å². The first-order valence-corrected chi connectivity index (χ1v) is 13.9. The molecule has 5 N–H and O–H groups in total. The lowest BCUT2D eigenvalue weighted by Gasteiger charge is -2.14. The molecule has 2 amide bonds. The summed E-state index contributed by atoms with van der Waals surface area (Å²) in [6, 6.07) is 5.66. The van der Waals surface area contributed by atoms with Crippen LogP contribution < -0.4 is 28.8 Å². The number of nitrogens with one attached hydrogen (secondary N) is 2. The summed E-state index contributed by atoms with van der Waals surface area (Å²) < 4.78 is 2.20. The third-order valence-electron chi connectivity index (χ3n) is 6.41. The molecule has 192 valence electrons. The number of aromatic nitrogens is 4. The fraction of sp³-hybridized carbons (Fsp3) is 0.458. The number of carbonyl (C=O) groups excluding carboxylic acids is 2. The van der Waals surface area contributed by atoms with Crippen LogP contribution in [0.1, 0.15) is 72.0 Å². The molecule has 2 aromatic heterocycles. The lowest BCUT2D eigenvalue weighted by atomic mass is 9.94. The van der Waals surface area contributed by atoms with Gasteiger partial charge < -0.3 is 23.5 Å². The van der Waals surface area contributed by atoms with Gasteiger partial charge in [-0.25, -0.2) is 9.78 Å². The van der Waals surface area contributed by atoms with Gasteiger partial charge in [0.05, 0.1) is 11.4 Å². The molecular formula is C24H30ClN7O2S2. The maximum absolute atomic E-state index is 13.0. The number of carbonyl (C=O) groups is 2. The highest BCUT2D eigenvalue weighted by Crippen LogP contribution is 2.39.